The van der Waals surface area contributed by atoms with E-state index in [4.69, 9.17) is 5.73 Å². The van der Waals surface area contributed by atoms with E-state index in [0.29, 0.717) is 0 Å². The van der Waals surface area contributed by atoms with Crippen LogP contribution in [0, 0.1) is 12.7 Å². The van der Waals surface area contributed by atoms with E-state index in [0.717, 1.165) is 5.56 Å². The van der Waals surface area contributed by atoms with Gasteiger partial charge in [0.2, 0.25) is 0 Å². The summed E-state index contributed by atoms with van der Waals surface area (Å²) in [6.07, 6.45) is 0. The summed E-state index contributed by atoms with van der Waals surface area (Å²) < 4.78 is 12.7. The van der Waals surface area contributed by atoms with Crippen molar-refractivity contribution in [2.24, 2.45) is 5.73 Å². The van der Waals surface area contributed by atoms with Crippen LogP contribution in [0.15, 0.2) is 18.2 Å². The second-order valence-electron chi connectivity index (χ2n) is 2.35. The Morgan fingerprint density at radius 2 is 2.08 bits per heavy atom. The topological polar surface area (TPSA) is 43.1 Å². The molecule has 2 nitrogen and oxygen atoms in total. The molecule has 0 saturated carbocycles. The number of carbonyl (C=O) groups excluding carboxylic acids is 1. The van der Waals surface area contributed by atoms with Crippen molar-refractivity contribution in [2.45, 2.75) is 6.92 Å². The Morgan fingerprint density at radius 3 is 2.50 bits per heavy atom. The van der Waals surface area contributed by atoms with E-state index in [2.05, 4.69) is 0 Å². The van der Waals surface area contributed by atoms with Gasteiger partial charge in [-0.05, 0) is 19.1 Å². The van der Waals surface area contributed by atoms with E-state index < -0.39 is 11.7 Å². The lowest BCUT2D eigenvalue weighted by molar-refractivity contribution is 0.0996. The molecule has 1 aromatic rings. The number of benzene rings is 1. The molecule has 12 heavy (non-hydrogen) atoms. The molecule has 0 unspecified atom stereocenters. The second-order valence-corrected chi connectivity index (χ2v) is 2.35. The van der Waals surface area contributed by atoms with Gasteiger partial charge in [-0.2, -0.15) is 0 Å². The summed E-state index contributed by atoms with van der Waals surface area (Å²) in [5.74, 6) is -1.30. The van der Waals surface area contributed by atoms with Crippen molar-refractivity contribution in [1.82, 2.24) is 0 Å². The average molecular weight is 190 g/mol. The van der Waals surface area contributed by atoms with Gasteiger partial charge in [0.15, 0.2) is 0 Å². The summed E-state index contributed by atoms with van der Waals surface area (Å²) in [5, 5.41) is 0. The van der Waals surface area contributed by atoms with Crippen LogP contribution in [0.3, 0.4) is 0 Å². The molecule has 4 heteroatoms. The fourth-order valence-electron chi connectivity index (χ4n) is 0.828. The van der Waals surface area contributed by atoms with Crippen LogP contribution in [0.2, 0.25) is 0 Å². The SMILES string of the molecule is Cc1ccc(F)c(C(N)=O)c1.Cl. The van der Waals surface area contributed by atoms with Crippen LogP contribution in [-0.4, -0.2) is 5.91 Å². The van der Waals surface area contributed by atoms with Crippen molar-refractivity contribution in [3.8, 4) is 0 Å². The summed E-state index contributed by atoms with van der Waals surface area (Å²) in [6.45, 7) is 1.77. The Hall–Kier alpha value is -1.09. The van der Waals surface area contributed by atoms with Gasteiger partial charge in [0.1, 0.15) is 5.82 Å². The molecule has 1 rings (SSSR count). The van der Waals surface area contributed by atoms with Gasteiger partial charge in [-0.15, -0.1) is 12.4 Å². The minimum absolute atomic E-state index is 0. The largest absolute Gasteiger partial charge is 0.366 e. The molecule has 1 aromatic carbocycles. The molecule has 0 heterocycles. The Kier molecular flexibility index (Phi) is 3.70. The van der Waals surface area contributed by atoms with Crippen LogP contribution in [0.1, 0.15) is 15.9 Å². The third-order valence-corrected chi connectivity index (χ3v) is 1.39. The summed E-state index contributed by atoms with van der Waals surface area (Å²) in [5.41, 5.74) is 5.67. The Labute approximate surface area is 76.0 Å². The van der Waals surface area contributed by atoms with E-state index in [9.17, 15) is 9.18 Å². The van der Waals surface area contributed by atoms with Crippen molar-refractivity contribution in [1.29, 1.82) is 0 Å². The summed E-state index contributed by atoms with van der Waals surface area (Å²) in [4.78, 5) is 10.6. The van der Waals surface area contributed by atoms with Crippen LogP contribution in [0.25, 0.3) is 0 Å². The van der Waals surface area contributed by atoms with Crippen molar-refractivity contribution in [2.75, 3.05) is 0 Å². The van der Waals surface area contributed by atoms with E-state index >= 15 is 0 Å². The maximum absolute atomic E-state index is 12.7. The normalized spacial score (nSPS) is 8.83. The predicted octanol–water partition coefficient (Wildman–Crippen LogP) is 1.65. The monoisotopic (exact) mass is 189 g/mol. The van der Waals surface area contributed by atoms with Crippen LogP contribution >= 0.6 is 12.4 Å². The highest BCUT2D eigenvalue weighted by Gasteiger charge is 2.06. The Morgan fingerprint density at radius 1 is 1.50 bits per heavy atom. The van der Waals surface area contributed by atoms with Crippen LogP contribution < -0.4 is 5.73 Å². The zero-order valence-corrected chi connectivity index (χ0v) is 7.32. The third kappa shape index (κ3) is 2.20. The van der Waals surface area contributed by atoms with E-state index in [1.807, 2.05) is 0 Å². The highest BCUT2D eigenvalue weighted by molar-refractivity contribution is 5.93. The van der Waals surface area contributed by atoms with Crippen molar-refractivity contribution >= 4 is 18.3 Å². The molecule has 0 aliphatic rings. The zero-order chi connectivity index (χ0) is 8.43. The van der Waals surface area contributed by atoms with Crippen LogP contribution in [-0.2, 0) is 0 Å². The molecule has 0 aliphatic carbocycles. The first-order valence-corrected chi connectivity index (χ1v) is 3.17. The van der Waals surface area contributed by atoms with Gasteiger partial charge in [0.05, 0.1) is 5.56 Å². The molecular weight excluding hydrogens is 181 g/mol. The first-order valence-electron chi connectivity index (χ1n) is 3.17. The van der Waals surface area contributed by atoms with Crippen LogP contribution in [0.5, 0.6) is 0 Å². The number of amides is 1. The highest BCUT2D eigenvalue weighted by atomic mass is 35.5. The number of primary amides is 1. The second kappa shape index (κ2) is 4.07. The van der Waals surface area contributed by atoms with Crippen molar-refractivity contribution in [3.63, 3.8) is 0 Å². The Bertz CT molecular complexity index is 301. The first kappa shape index (κ1) is 10.9. The standard InChI is InChI=1S/C8H8FNO.ClH/c1-5-2-3-7(9)6(4-5)8(10)11;/h2-4H,1H3,(H2,10,11);1H. The molecular formula is C8H9ClFNO. The lowest BCUT2D eigenvalue weighted by Gasteiger charge is -1.98. The number of carbonyl (C=O) groups is 1. The smallest absolute Gasteiger partial charge is 0.251 e. The van der Waals surface area contributed by atoms with Crippen molar-refractivity contribution < 1.29 is 9.18 Å². The molecule has 1 amide bonds. The summed E-state index contributed by atoms with van der Waals surface area (Å²) in [7, 11) is 0. The Balaban J connectivity index is 0.00000121. The van der Waals surface area contributed by atoms with Gasteiger partial charge in [0.25, 0.3) is 5.91 Å². The maximum Gasteiger partial charge on any atom is 0.251 e. The van der Waals surface area contributed by atoms with E-state index in [-0.39, 0.29) is 18.0 Å². The molecule has 0 spiro atoms. The molecule has 0 radical (unpaired) electrons. The van der Waals surface area contributed by atoms with E-state index in [1.54, 1.807) is 13.0 Å². The van der Waals surface area contributed by atoms with Gasteiger partial charge < -0.3 is 5.73 Å². The highest BCUT2D eigenvalue weighted by Crippen LogP contribution is 2.08. The van der Waals surface area contributed by atoms with E-state index in [1.165, 1.54) is 12.1 Å². The minimum Gasteiger partial charge on any atom is -0.366 e. The maximum atomic E-state index is 12.7. The van der Waals surface area contributed by atoms with Crippen molar-refractivity contribution in [3.05, 3.63) is 35.1 Å². The molecule has 0 atom stereocenters. The quantitative estimate of drug-likeness (QED) is 0.718. The zero-order valence-electron chi connectivity index (χ0n) is 6.50. The number of halogens is 2. The first-order chi connectivity index (χ1) is 5.11. The molecule has 0 aromatic heterocycles. The molecule has 66 valence electrons. The summed E-state index contributed by atoms with van der Waals surface area (Å²) >= 11 is 0. The number of aryl methyl sites for hydroxylation is 1. The molecule has 0 bridgehead atoms. The number of hydrogen-bond donors (Lipinski definition) is 1. The fraction of sp³-hybridized carbons (Fsp3) is 0.125. The minimum atomic E-state index is -0.730. The molecule has 0 saturated heterocycles. The molecule has 0 aliphatic heterocycles. The third-order valence-electron chi connectivity index (χ3n) is 1.39. The lowest BCUT2D eigenvalue weighted by atomic mass is 10.1. The van der Waals surface area contributed by atoms with Gasteiger partial charge in [0, 0.05) is 0 Å². The van der Waals surface area contributed by atoms with Gasteiger partial charge in [-0.1, -0.05) is 11.6 Å². The number of rotatable bonds is 1. The van der Waals surface area contributed by atoms with Crippen LogP contribution in [0.4, 0.5) is 4.39 Å². The number of hydrogen-bond acceptors (Lipinski definition) is 1. The lowest BCUT2D eigenvalue weighted by Crippen LogP contribution is -2.13. The van der Waals surface area contributed by atoms with Gasteiger partial charge in [-0.3, -0.25) is 4.79 Å². The van der Waals surface area contributed by atoms with Gasteiger partial charge >= 0.3 is 0 Å². The average Bonchev–Trinajstić information content (AvgIpc) is 1.94. The summed E-state index contributed by atoms with van der Waals surface area (Å²) in [6, 6.07) is 4.24. The number of nitrogens with two attached hydrogens (primary N) is 1. The van der Waals surface area contributed by atoms with Gasteiger partial charge in [-0.25, -0.2) is 4.39 Å². The molecule has 2 N–H and O–H groups in total. The molecule has 0 fully saturated rings. The fourth-order valence-corrected chi connectivity index (χ4v) is 0.828. The predicted molar refractivity (Wildman–Crippen MR) is 46.9 cm³/mol.